The molecule has 0 saturated heterocycles. The van der Waals surface area contributed by atoms with E-state index in [1.807, 2.05) is 0 Å². The van der Waals surface area contributed by atoms with E-state index in [9.17, 15) is 0 Å². The van der Waals surface area contributed by atoms with Crippen molar-refractivity contribution in [3.05, 3.63) is 11.1 Å². The van der Waals surface area contributed by atoms with Crippen molar-refractivity contribution in [2.75, 3.05) is 13.3 Å². The fourth-order valence-corrected chi connectivity index (χ4v) is 3.74. The molecule has 0 radical (unpaired) electrons. The van der Waals surface area contributed by atoms with Gasteiger partial charge in [0, 0.05) is 0 Å². The zero-order valence-corrected chi connectivity index (χ0v) is 6.28. The van der Waals surface area contributed by atoms with Crippen molar-refractivity contribution in [2.45, 2.75) is 13.3 Å². The molecule has 1 heteroatoms. The summed E-state index contributed by atoms with van der Waals surface area (Å²) in [6.45, 7) is 7.03. The number of rotatable bonds is 1. The Hall–Kier alpha value is 0.170. The first-order valence-electron chi connectivity index (χ1n) is 2.89. The molecular weight excluding hydrogens is 103 g/mol. The zero-order chi connectivity index (χ0) is 5.49. The first kappa shape index (κ1) is 5.31. The van der Waals surface area contributed by atoms with Gasteiger partial charge in [-0.3, -0.25) is 0 Å². The quantitative estimate of drug-likeness (QED) is 0.461. The average Bonchev–Trinajstić information content (AvgIpc) is 2.13. The van der Waals surface area contributed by atoms with Gasteiger partial charge < -0.3 is 0 Å². The molecule has 0 aromatic carbocycles. The predicted octanol–water partition coefficient (Wildman–Crippen LogP) is 2.26. The van der Waals surface area contributed by atoms with Crippen LogP contribution in [-0.2, 0) is 0 Å². The monoisotopic (exact) mass is 116 g/mol. The van der Waals surface area contributed by atoms with Gasteiger partial charge in [0.05, 0.1) is 0 Å². The Bertz CT molecular complexity index is 111. The number of hydrogen-bond donors (Lipinski definition) is 0. The molecular formula is C6H13P. The molecule has 0 bridgehead atoms. The summed E-state index contributed by atoms with van der Waals surface area (Å²) >= 11 is 0. The Morgan fingerprint density at radius 2 is 2.00 bits per heavy atom. The van der Waals surface area contributed by atoms with E-state index in [1.54, 1.807) is 5.31 Å². The van der Waals surface area contributed by atoms with Crippen LogP contribution in [0.5, 0.6) is 0 Å². The van der Waals surface area contributed by atoms with E-state index in [2.05, 4.69) is 26.1 Å². The second-order valence-corrected chi connectivity index (χ2v) is 7.12. The van der Waals surface area contributed by atoms with E-state index in [0.29, 0.717) is 0 Å². The standard InChI is InChI=1S/C6H13P/c1-4-6-5-7(6,2)3/h5,7H,4H2,1-3H3. The van der Waals surface area contributed by atoms with Gasteiger partial charge in [0.15, 0.2) is 0 Å². The van der Waals surface area contributed by atoms with Crippen LogP contribution in [0.15, 0.2) is 11.1 Å². The molecule has 0 amide bonds. The summed E-state index contributed by atoms with van der Waals surface area (Å²) in [4.78, 5) is 0. The fraction of sp³-hybridized carbons (Fsp3) is 0.667. The Morgan fingerprint density at radius 1 is 1.57 bits per heavy atom. The summed E-state index contributed by atoms with van der Waals surface area (Å²) in [7, 11) is -0.699. The molecule has 0 atom stereocenters. The molecule has 0 nitrogen and oxygen atoms in total. The van der Waals surface area contributed by atoms with E-state index in [-0.39, 0.29) is 0 Å². The normalized spacial score (nSPS) is 28.7. The predicted molar refractivity (Wildman–Crippen MR) is 38.5 cm³/mol. The van der Waals surface area contributed by atoms with Crippen molar-refractivity contribution >= 4 is 7.26 Å². The number of hydrogen-bond acceptors (Lipinski definition) is 0. The SMILES string of the molecule is CCC1=C[PH]1(C)C. The van der Waals surface area contributed by atoms with Crippen molar-refractivity contribution in [1.82, 2.24) is 0 Å². The van der Waals surface area contributed by atoms with Gasteiger partial charge in [0.25, 0.3) is 0 Å². The van der Waals surface area contributed by atoms with E-state index in [0.717, 1.165) is 0 Å². The van der Waals surface area contributed by atoms with Gasteiger partial charge in [-0.2, -0.15) is 0 Å². The third kappa shape index (κ3) is 0.860. The summed E-state index contributed by atoms with van der Waals surface area (Å²) in [5.74, 6) is 2.47. The van der Waals surface area contributed by atoms with Gasteiger partial charge in [-0.1, -0.05) is 0 Å². The first-order valence-corrected chi connectivity index (χ1v) is 5.97. The molecule has 1 aliphatic rings. The molecule has 0 aromatic rings. The van der Waals surface area contributed by atoms with E-state index in [4.69, 9.17) is 0 Å². The molecule has 0 unspecified atom stereocenters. The Kier molecular flexibility index (Phi) is 1.00. The maximum absolute atomic E-state index is 2.47. The van der Waals surface area contributed by atoms with Crippen LogP contribution in [0, 0.1) is 0 Å². The van der Waals surface area contributed by atoms with Crippen LogP contribution >= 0.6 is 7.26 Å². The summed E-state index contributed by atoms with van der Waals surface area (Å²) in [5.41, 5.74) is 0. The van der Waals surface area contributed by atoms with Crippen LogP contribution in [0.4, 0.5) is 0 Å². The maximum atomic E-state index is 2.47. The molecule has 1 rings (SSSR count). The van der Waals surface area contributed by atoms with Gasteiger partial charge in [-0.15, -0.1) is 0 Å². The van der Waals surface area contributed by atoms with Crippen LogP contribution < -0.4 is 0 Å². The van der Waals surface area contributed by atoms with Gasteiger partial charge in [0.2, 0.25) is 0 Å². The third-order valence-corrected chi connectivity index (χ3v) is 4.57. The van der Waals surface area contributed by atoms with Crippen molar-refractivity contribution in [3.63, 3.8) is 0 Å². The molecule has 0 spiro atoms. The molecule has 0 saturated carbocycles. The molecule has 7 heavy (non-hydrogen) atoms. The Balaban J connectivity index is 2.40. The number of allylic oxidation sites excluding steroid dienone is 1. The molecule has 1 heterocycles. The van der Waals surface area contributed by atoms with Crippen LogP contribution in [0.1, 0.15) is 13.3 Å². The molecule has 0 N–H and O–H groups in total. The molecule has 0 aromatic heterocycles. The second kappa shape index (κ2) is 1.32. The minimum atomic E-state index is -0.699. The average molecular weight is 116 g/mol. The van der Waals surface area contributed by atoms with Gasteiger partial charge in [0.1, 0.15) is 0 Å². The zero-order valence-electron chi connectivity index (χ0n) is 5.28. The topological polar surface area (TPSA) is 0 Å². The van der Waals surface area contributed by atoms with Crippen LogP contribution in [0.2, 0.25) is 0 Å². The first-order chi connectivity index (χ1) is 3.17. The van der Waals surface area contributed by atoms with Gasteiger partial charge >= 0.3 is 45.1 Å². The fourth-order valence-electron chi connectivity index (χ4n) is 0.957. The van der Waals surface area contributed by atoms with E-state index < -0.39 is 7.26 Å². The molecule has 1 aliphatic heterocycles. The van der Waals surface area contributed by atoms with Crippen LogP contribution in [-0.4, -0.2) is 13.3 Å². The van der Waals surface area contributed by atoms with Gasteiger partial charge in [-0.05, 0) is 0 Å². The van der Waals surface area contributed by atoms with Crippen LogP contribution in [0.25, 0.3) is 0 Å². The van der Waals surface area contributed by atoms with Crippen molar-refractivity contribution in [1.29, 1.82) is 0 Å². The van der Waals surface area contributed by atoms with E-state index in [1.165, 1.54) is 6.42 Å². The van der Waals surface area contributed by atoms with Crippen molar-refractivity contribution in [3.8, 4) is 0 Å². The second-order valence-electron chi connectivity index (χ2n) is 2.74. The summed E-state index contributed by atoms with van der Waals surface area (Å²) in [6, 6.07) is 0. The Labute approximate surface area is 46.0 Å². The molecule has 0 fully saturated rings. The van der Waals surface area contributed by atoms with Crippen molar-refractivity contribution in [2.24, 2.45) is 0 Å². The van der Waals surface area contributed by atoms with Crippen molar-refractivity contribution < 1.29 is 0 Å². The molecule has 42 valence electrons. The minimum absolute atomic E-state index is 0.699. The van der Waals surface area contributed by atoms with E-state index >= 15 is 0 Å². The third-order valence-electron chi connectivity index (χ3n) is 1.66. The summed E-state index contributed by atoms with van der Waals surface area (Å²) in [5, 5.41) is 1.76. The van der Waals surface area contributed by atoms with Gasteiger partial charge in [-0.25, -0.2) is 0 Å². The molecule has 0 aliphatic carbocycles. The van der Waals surface area contributed by atoms with Crippen LogP contribution in [0.3, 0.4) is 0 Å². The Morgan fingerprint density at radius 3 is 2.00 bits per heavy atom. The summed E-state index contributed by atoms with van der Waals surface area (Å²) in [6.07, 6.45) is 1.30. The summed E-state index contributed by atoms with van der Waals surface area (Å²) < 4.78 is 0.